The first-order valence-corrected chi connectivity index (χ1v) is 5.92. The summed E-state index contributed by atoms with van der Waals surface area (Å²) in [6.45, 7) is -1.18. The molecule has 2 N–H and O–H groups in total. The van der Waals surface area contributed by atoms with Gasteiger partial charge in [0, 0.05) is 3.57 Å². The molecule has 0 aliphatic carbocycles. The van der Waals surface area contributed by atoms with Gasteiger partial charge in [0.2, 0.25) is 0 Å². The molecule has 0 aliphatic rings. The van der Waals surface area contributed by atoms with Crippen LogP contribution < -0.4 is 5.73 Å². The van der Waals surface area contributed by atoms with Crippen molar-refractivity contribution in [2.45, 2.75) is 12.7 Å². The summed E-state index contributed by atoms with van der Waals surface area (Å²) in [5.74, 6) is 0.00719. The average molecular weight is 376 g/mol. The fourth-order valence-corrected chi connectivity index (χ4v) is 2.53. The Morgan fingerprint density at radius 1 is 1.41 bits per heavy atom. The van der Waals surface area contributed by atoms with Crippen molar-refractivity contribution in [3.63, 3.8) is 0 Å². The van der Waals surface area contributed by atoms with E-state index in [0.29, 0.717) is 19.5 Å². The summed E-state index contributed by atoms with van der Waals surface area (Å²) in [7, 11) is 0. The number of nitrogen functional groups attached to an aromatic ring is 1. The lowest BCUT2D eigenvalue weighted by Gasteiger charge is -2.08. The molecule has 0 saturated carbocycles. The van der Waals surface area contributed by atoms with Gasteiger partial charge in [0.15, 0.2) is 5.82 Å². The van der Waals surface area contributed by atoms with Crippen molar-refractivity contribution in [3.8, 4) is 0 Å². The van der Waals surface area contributed by atoms with Crippen LogP contribution in [0.2, 0.25) is 5.02 Å². The lowest BCUT2D eigenvalue weighted by molar-refractivity contribution is -0.141. The van der Waals surface area contributed by atoms with E-state index in [0.717, 1.165) is 4.68 Å². The fourth-order valence-electron chi connectivity index (χ4n) is 1.55. The smallest absolute Gasteiger partial charge is 0.382 e. The van der Waals surface area contributed by atoms with E-state index >= 15 is 0 Å². The van der Waals surface area contributed by atoms with Crippen LogP contribution in [-0.4, -0.2) is 16.0 Å². The van der Waals surface area contributed by atoms with E-state index in [9.17, 15) is 13.2 Å². The molecule has 2 rings (SSSR count). The van der Waals surface area contributed by atoms with Gasteiger partial charge in [-0.15, -0.1) is 0 Å². The van der Waals surface area contributed by atoms with Crippen molar-refractivity contribution in [1.82, 2.24) is 9.78 Å². The van der Waals surface area contributed by atoms with Crippen molar-refractivity contribution in [1.29, 1.82) is 0 Å². The van der Waals surface area contributed by atoms with Gasteiger partial charge in [0.05, 0.1) is 15.9 Å². The number of hydrogen-bond acceptors (Lipinski definition) is 2. The molecular weight excluding hydrogens is 369 g/mol. The maximum absolute atomic E-state index is 12.4. The Morgan fingerprint density at radius 2 is 2.06 bits per heavy atom. The Bertz CT molecular complexity index is 579. The average Bonchev–Trinajstić information content (AvgIpc) is 2.48. The van der Waals surface area contributed by atoms with Crippen LogP contribution in [0.5, 0.6) is 0 Å². The summed E-state index contributed by atoms with van der Waals surface area (Å²) in [6.07, 6.45) is -4.35. The van der Waals surface area contributed by atoms with E-state index in [1.807, 2.05) is 22.6 Å². The Kier molecular flexibility index (Phi) is 3.15. The number of rotatable bonds is 1. The van der Waals surface area contributed by atoms with E-state index in [1.54, 1.807) is 12.1 Å². The Balaban J connectivity index is 2.70. The first-order chi connectivity index (χ1) is 7.79. The SMILES string of the molecule is Nc1nn(CC(F)(F)F)c2c(I)ccc(Cl)c12. The van der Waals surface area contributed by atoms with Crippen LogP contribution in [0.1, 0.15) is 0 Å². The number of benzene rings is 1. The predicted molar refractivity (Wildman–Crippen MR) is 67.9 cm³/mol. The van der Waals surface area contributed by atoms with Crippen molar-refractivity contribution in [3.05, 3.63) is 20.7 Å². The Hall–Kier alpha value is -0.700. The van der Waals surface area contributed by atoms with Crippen molar-refractivity contribution < 1.29 is 13.2 Å². The molecule has 0 aliphatic heterocycles. The molecule has 0 atom stereocenters. The van der Waals surface area contributed by atoms with Crippen LogP contribution in [0.3, 0.4) is 0 Å². The molecule has 0 amide bonds. The summed E-state index contributed by atoms with van der Waals surface area (Å²) < 4.78 is 38.6. The molecule has 1 aromatic carbocycles. The predicted octanol–water partition coefficient (Wildman–Crippen LogP) is 3.44. The third kappa shape index (κ3) is 2.44. The third-order valence-electron chi connectivity index (χ3n) is 2.15. The van der Waals surface area contributed by atoms with E-state index < -0.39 is 12.7 Å². The van der Waals surface area contributed by atoms with Gasteiger partial charge in [0.1, 0.15) is 6.54 Å². The van der Waals surface area contributed by atoms with Crippen LogP contribution in [0.25, 0.3) is 10.9 Å². The van der Waals surface area contributed by atoms with Crippen molar-refractivity contribution >= 4 is 50.9 Å². The second-order valence-electron chi connectivity index (χ2n) is 3.41. The molecule has 0 bridgehead atoms. The molecule has 8 heteroatoms. The van der Waals surface area contributed by atoms with Crippen LogP contribution >= 0.6 is 34.2 Å². The zero-order valence-electron chi connectivity index (χ0n) is 8.22. The van der Waals surface area contributed by atoms with Crippen LogP contribution in [0.4, 0.5) is 19.0 Å². The van der Waals surface area contributed by atoms with Crippen LogP contribution in [-0.2, 0) is 6.54 Å². The number of fused-ring (bicyclic) bond motifs is 1. The molecule has 1 heterocycles. The normalized spacial score (nSPS) is 12.3. The van der Waals surface area contributed by atoms with Gasteiger partial charge >= 0.3 is 6.18 Å². The van der Waals surface area contributed by atoms with Gasteiger partial charge in [0.25, 0.3) is 0 Å². The number of alkyl halides is 3. The number of halogens is 5. The van der Waals surface area contributed by atoms with E-state index in [1.165, 1.54) is 0 Å². The molecule has 3 nitrogen and oxygen atoms in total. The molecular formula is C9H6ClF3IN3. The minimum Gasteiger partial charge on any atom is -0.382 e. The third-order valence-corrected chi connectivity index (χ3v) is 3.34. The minimum atomic E-state index is -4.35. The zero-order valence-corrected chi connectivity index (χ0v) is 11.1. The highest BCUT2D eigenvalue weighted by atomic mass is 127. The zero-order chi connectivity index (χ0) is 12.8. The first kappa shape index (κ1) is 12.7. The Labute approximate surface area is 113 Å². The standard InChI is InChI=1S/C9H6ClF3IN3/c10-4-1-2-5(14)7-6(4)8(15)16-17(7)3-9(11,12)13/h1-2H,3H2,(H2,15,16). The summed E-state index contributed by atoms with van der Waals surface area (Å²) in [5.41, 5.74) is 5.89. The number of aromatic nitrogens is 2. The van der Waals surface area contributed by atoms with Gasteiger partial charge in [-0.05, 0) is 34.7 Å². The maximum atomic E-state index is 12.4. The number of anilines is 1. The quantitative estimate of drug-likeness (QED) is 0.776. The van der Waals surface area contributed by atoms with E-state index in [2.05, 4.69) is 5.10 Å². The first-order valence-electron chi connectivity index (χ1n) is 4.46. The van der Waals surface area contributed by atoms with Crippen LogP contribution in [0.15, 0.2) is 12.1 Å². The second kappa shape index (κ2) is 4.20. The monoisotopic (exact) mass is 375 g/mol. The lowest BCUT2D eigenvalue weighted by Crippen LogP contribution is -2.18. The molecule has 92 valence electrons. The lowest BCUT2D eigenvalue weighted by atomic mass is 10.2. The topological polar surface area (TPSA) is 43.8 Å². The highest BCUT2D eigenvalue weighted by Crippen LogP contribution is 2.33. The molecule has 0 unspecified atom stereocenters. The number of nitrogens with two attached hydrogens (primary N) is 1. The minimum absolute atomic E-state index is 0.00719. The molecule has 0 saturated heterocycles. The largest absolute Gasteiger partial charge is 0.408 e. The number of hydrogen-bond donors (Lipinski definition) is 1. The van der Waals surface area contributed by atoms with E-state index in [4.69, 9.17) is 17.3 Å². The number of nitrogens with zero attached hydrogens (tertiary/aromatic N) is 2. The highest BCUT2D eigenvalue weighted by molar-refractivity contribution is 14.1. The molecule has 17 heavy (non-hydrogen) atoms. The summed E-state index contributed by atoms with van der Waals surface area (Å²) in [6, 6.07) is 3.21. The second-order valence-corrected chi connectivity index (χ2v) is 4.98. The molecule has 0 radical (unpaired) electrons. The van der Waals surface area contributed by atoms with Gasteiger partial charge in [-0.2, -0.15) is 18.3 Å². The highest BCUT2D eigenvalue weighted by Gasteiger charge is 2.30. The van der Waals surface area contributed by atoms with Gasteiger partial charge in [-0.25, -0.2) is 0 Å². The Morgan fingerprint density at radius 3 is 2.65 bits per heavy atom. The summed E-state index contributed by atoms with van der Waals surface area (Å²) in [5, 5.41) is 4.34. The molecule has 2 aromatic rings. The van der Waals surface area contributed by atoms with Gasteiger partial charge in [-0.3, -0.25) is 4.68 Å². The fraction of sp³-hybridized carbons (Fsp3) is 0.222. The summed E-state index contributed by atoms with van der Waals surface area (Å²) in [4.78, 5) is 0. The van der Waals surface area contributed by atoms with Crippen LogP contribution in [0, 0.1) is 3.57 Å². The van der Waals surface area contributed by atoms with Crippen molar-refractivity contribution in [2.24, 2.45) is 0 Å². The molecule has 0 fully saturated rings. The van der Waals surface area contributed by atoms with Crippen molar-refractivity contribution in [2.75, 3.05) is 5.73 Å². The molecule has 0 spiro atoms. The van der Waals surface area contributed by atoms with Gasteiger partial charge in [-0.1, -0.05) is 11.6 Å². The molecule has 1 aromatic heterocycles. The van der Waals surface area contributed by atoms with E-state index in [-0.39, 0.29) is 5.82 Å². The summed E-state index contributed by atoms with van der Waals surface area (Å²) >= 11 is 7.82. The van der Waals surface area contributed by atoms with Gasteiger partial charge < -0.3 is 5.73 Å². The maximum Gasteiger partial charge on any atom is 0.408 e.